The van der Waals surface area contributed by atoms with Crippen LogP contribution in [0.1, 0.15) is 70.6 Å². The van der Waals surface area contributed by atoms with Crippen LogP contribution in [0.15, 0.2) is 85.1 Å². The standard InChI is InChI=1S/C38H43N5O4/c1-26(33-14-9-27(23-34(33)44)15-18-40-37(45)29-7-3-2-4-8-29)47-35-24-31(25-41-36(35)39)28-10-12-30(13-11-28)38(46)43-21-16-32(17-22-43)42-19-5-6-20-42/h2-4,7-14,23-26,32,44H,5-6,15-22H2,1H3,(H2,39,41)(H,40,45). The lowest BCUT2D eigenvalue weighted by atomic mass is 10.0. The van der Waals surface area contributed by atoms with Crippen LogP contribution in [0.25, 0.3) is 11.1 Å². The minimum atomic E-state index is -0.504. The lowest BCUT2D eigenvalue weighted by molar-refractivity contribution is 0.0644. The molecule has 47 heavy (non-hydrogen) atoms. The van der Waals surface area contributed by atoms with Crippen molar-refractivity contribution in [2.75, 3.05) is 38.5 Å². The number of pyridine rings is 1. The highest BCUT2D eigenvalue weighted by Crippen LogP contribution is 2.34. The first kappa shape index (κ1) is 32.1. The molecule has 6 rings (SSSR count). The number of aromatic nitrogens is 1. The van der Waals surface area contributed by atoms with E-state index in [-0.39, 0.29) is 23.4 Å². The van der Waals surface area contributed by atoms with Gasteiger partial charge in [0.1, 0.15) is 11.9 Å². The highest BCUT2D eigenvalue weighted by molar-refractivity contribution is 5.95. The molecule has 4 aromatic rings. The molecule has 0 radical (unpaired) electrons. The number of phenolic OH excluding ortho intramolecular Hbond substituents is 1. The molecule has 1 aromatic heterocycles. The van der Waals surface area contributed by atoms with E-state index in [4.69, 9.17) is 10.5 Å². The molecule has 3 heterocycles. The van der Waals surface area contributed by atoms with Crippen LogP contribution in [0.5, 0.6) is 11.5 Å². The molecule has 2 amide bonds. The molecule has 2 fully saturated rings. The van der Waals surface area contributed by atoms with Gasteiger partial charge in [-0.1, -0.05) is 42.5 Å². The normalized spacial score (nSPS) is 16.1. The minimum absolute atomic E-state index is 0.0764. The van der Waals surface area contributed by atoms with Crippen molar-refractivity contribution < 1.29 is 19.4 Å². The Morgan fingerprint density at radius 2 is 1.66 bits per heavy atom. The van der Waals surface area contributed by atoms with E-state index in [1.807, 2.05) is 72.5 Å². The van der Waals surface area contributed by atoms with Gasteiger partial charge in [0.15, 0.2) is 11.6 Å². The molecule has 0 spiro atoms. The third kappa shape index (κ3) is 7.74. The number of nitrogens with zero attached hydrogens (tertiary/aromatic N) is 3. The fourth-order valence-corrected chi connectivity index (χ4v) is 6.59. The summed E-state index contributed by atoms with van der Waals surface area (Å²) in [7, 11) is 0. The molecule has 0 aliphatic carbocycles. The number of nitrogens with one attached hydrogen (secondary N) is 1. The Morgan fingerprint density at radius 3 is 2.36 bits per heavy atom. The molecule has 3 aromatic carbocycles. The second-order valence-electron chi connectivity index (χ2n) is 12.5. The Labute approximate surface area is 276 Å². The Kier molecular flexibility index (Phi) is 10.0. The summed E-state index contributed by atoms with van der Waals surface area (Å²) in [6, 6.07) is 24.5. The number of likely N-dealkylation sites (tertiary alicyclic amines) is 2. The largest absolute Gasteiger partial charge is 0.508 e. The summed E-state index contributed by atoms with van der Waals surface area (Å²) >= 11 is 0. The number of nitrogens with two attached hydrogens (primary N) is 1. The molecule has 1 unspecified atom stereocenters. The molecule has 0 bridgehead atoms. The number of hydrogen-bond donors (Lipinski definition) is 3. The van der Waals surface area contributed by atoms with Gasteiger partial charge in [0.25, 0.3) is 11.8 Å². The maximum absolute atomic E-state index is 13.2. The van der Waals surface area contributed by atoms with E-state index in [9.17, 15) is 14.7 Å². The number of anilines is 1. The highest BCUT2D eigenvalue weighted by Gasteiger charge is 2.28. The zero-order valence-electron chi connectivity index (χ0n) is 26.9. The zero-order chi connectivity index (χ0) is 32.8. The summed E-state index contributed by atoms with van der Waals surface area (Å²) in [4.78, 5) is 34.5. The van der Waals surface area contributed by atoms with Crippen molar-refractivity contribution in [2.45, 2.75) is 51.2 Å². The van der Waals surface area contributed by atoms with E-state index in [1.165, 1.54) is 25.9 Å². The number of piperidine rings is 1. The number of ether oxygens (including phenoxy) is 1. The summed E-state index contributed by atoms with van der Waals surface area (Å²) in [5.41, 5.74) is 10.7. The van der Waals surface area contributed by atoms with Crippen LogP contribution in [-0.4, -0.2) is 70.5 Å². The van der Waals surface area contributed by atoms with E-state index in [0.29, 0.717) is 41.4 Å². The van der Waals surface area contributed by atoms with Gasteiger partial charge in [0.05, 0.1) is 0 Å². The van der Waals surface area contributed by atoms with Crippen LogP contribution in [0.2, 0.25) is 0 Å². The van der Waals surface area contributed by atoms with E-state index >= 15 is 0 Å². The first-order chi connectivity index (χ1) is 22.9. The smallest absolute Gasteiger partial charge is 0.253 e. The van der Waals surface area contributed by atoms with E-state index in [0.717, 1.165) is 42.6 Å². The predicted octanol–water partition coefficient (Wildman–Crippen LogP) is 5.85. The number of carbonyl (C=O) groups is 2. The van der Waals surface area contributed by atoms with E-state index in [1.54, 1.807) is 24.4 Å². The van der Waals surface area contributed by atoms with Crippen molar-refractivity contribution >= 4 is 17.6 Å². The molecular formula is C38H43N5O4. The Hall–Kier alpha value is -4.89. The summed E-state index contributed by atoms with van der Waals surface area (Å²) in [5, 5.41) is 13.7. The highest BCUT2D eigenvalue weighted by atomic mass is 16.5. The Morgan fingerprint density at radius 1 is 0.936 bits per heavy atom. The molecule has 0 saturated carbocycles. The topological polar surface area (TPSA) is 121 Å². The van der Waals surface area contributed by atoms with Crippen LogP contribution in [0.3, 0.4) is 0 Å². The van der Waals surface area contributed by atoms with Crippen LogP contribution < -0.4 is 15.8 Å². The van der Waals surface area contributed by atoms with E-state index in [2.05, 4.69) is 15.2 Å². The Bertz CT molecular complexity index is 1680. The van der Waals surface area contributed by atoms with Gasteiger partial charge in [0.2, 0.25) is 0 Å². The molecule has 1 atom stereocenters. The van der Waals surface area contributed by atoms with Gasteiger partial charge in [-0.2, -0.15) is 0 Å². The average Bonchev–Trinajstić information content (AvgIpc) is 3.65. The number of phenols is 1. The predicted molar refractivity (Wildman–Crippen MR) is 183 cm³/mol. The van der Waals surface area contributed by atoms with Crippen molar-refractivity contribution in [3.63, 3.8) is 0 Å². The van der Waals surface area contributed by atoms with Crippen molar-refractivity contribution in [1.82, 2.24) is 20.1 Å². The van der Waals surface area contributed by atoms with Crippen LogP contribution in [0, 0.1) is 0 Å². The maximum atomic E-state index is 13.2. The van der Waals surface area contributed by atoms with Gasteiger partial charge < -0.3 is 30.7 Å². The van der Waals surface area contributed by atoms with Crippen molar-refractivity contribution in [3.05, 3.63) is 107 Å². The number of nitrogen functional groups attached to an aromatic ring is 1. The van der Waals surface area contributed by atoms with Gasteiger partial charge in [-0.3, -0.25) is 9.59 Å². The lowest BCUT2D eigenvalue weighted by Crippen LogP contribution is -2.45. The molecule has 4 N–H and O–H groups in total. The molecule has 2 aliphatic heterocycles. The summed E-state index contributed by atoms with van der Waals surface area (Å²) in [5.74, 6) is 0.702. The fraction of sp³-hybridized carbons (Fsp3) is 0.342. The van der Waals surface area contributed by atoms with Gasteiger partial charge >= 0.3 is 0 Å². The molecule has 2 aliphatic rings. The zero-order valence-corrected chi connectivity index (χ0v) is 26.9. The Balaban J connectivity index is 1.04. The quantitative estimate of drug-likeness (QED) is 0.200. The summed E-state index contributed by atoms with van der Waals surface area (Å²) < 4.78 is 6.19. The molecule has 9 heteroatoms. The van der Waals surface area contributed by atoms with E-state index < -0.39 is 6.10 Å². The third-order valence-electron chi connectivity index (χ3n) is 9.33. The van der Waals surface area contributed by atoms with Crippen molar-refractivity contribution in [1.29, 1.82) is 0 Å². The van der Waals surface area contributed by atoms with Crippen LogP contribution >= 0.6 is 0 Å². The molecular weight excluding hydrogens is 590 g/mol. The second kappa shape index (κ2) is 14.7. The summed E-state index contributed by atoms with van der Waals surface area (Å²) in [6.07, 6.45) is 6.42. The van der Waals surface area contributed by atoms with Gasteiger partial charge in [-0.15, -0.1) is 0 Å². The monoisotopic (exact) mass is 633 g/mol. The number of hydrogen-bond acceptors (Lipinski definition) is 7. The summed E-state index contributed by atoms with van der Waals surface area (Å²) in [6.45, 7) is 6.28. The number of benzene rings is 3. The molecule has 2 saturated heterocycles. The first-order valence-corrected chi connectivity index (χ1v) is 16.6. The first-order valence-electron chi connectivity index (χ1n) is 16.6. The van der Waals surface area contributed by atoms with Crippen LogP contribution in [0.4, 0.5) is 5.82 Å². The van der Waals surface area contributed by atoms with Crippen LogP contribution in [-0.2, 0) is 6.42 Å². The number of rotatable bonds is 10. The SMILES string of the molecule is CC(Oc1cc(-c2ccc(C(=O)N3CCC(N4CCCC4)CC3)cc2)cnc1N)c1ccc(CCNC(=O)c2ccccc2)cc1O. The number of carbonyl (C=O) groups excluding carboxylic acids is 2. The lowest BCUT2D eigenvalue weighted by Gasteiger charge is -2.36. The fourth-order valence-electron chi connectivity index (χ4n) is 6.59. The molecule has 9 nitrogen and oxygen atoms in total. The van der Waals surface area contributed by atoms with Gasteiger partial charge in [0, 0.05) is 54.1 Å². The minimum Gasteiger partial charge on any atom is -0.508 e. The third-order valence-corrected chi connectivity index (χ3v) is 9.33. The number of aromatic hydroxyl groups is 1. The average molecular weight is 634 g/mol. The maximum Gasteiger partial charge on any atom is 0.253 e. The van der Waals surface area contributed by atoms with Gasteiger partial charge in [-0.25, -0.2) is 4.98 Å². The van der Waals surface area contributed by atoms with Gasteiger partial charge in [-0.05, 0) is 99.6 Å². The van der Waals surface area contributed by atoms with Crippen molar-refractivity contribution in [3.8, 4) is 22.6 Å². The number of amides is 2. The second-order valence-corrected chi connectivity index (χ2v) is 12.5. The molecule has 244 valence electrons. The van der Waals surface area contributed by atoms with Crippen molar-refractivity contribution in [2.24, 2.45) is 0 Å².